The van der Waals surface area contributed by atoms with Gasteiger partial charge in [-0.3, -0.25) is 9.59 Å². The Morgan fingerprint density at radius 1 is 1.07 bits per heavy atom. The number of fused-ring (bicyclic) bond motifs is 1. The first-order valence-electron chi connectivity index (χ1n) is 8.54. The van der Waals surface area contributed by atoms with Gasteiger partial charge in [-0.15, -0.1) is 11.3 Å². The quantitative estimate of drug-likeness (QED) is 0.528. The van der Waals surface area contributed by atoms with Crippen LogP contribution < -0.4 is 11.3 Å². The molecule has 0 radical (unpaired) electrons. The third-order valence-electron chi connectivity index (χ3n) is 4.48. The normalized spacial score (nSPS) is 11.6. The van der Waals surface area contributed by atoms with Crippen LogP contribution in [0, 0.1) is 0 Å². The summed E-state index contributed by atoms with van der Waals surface area (Å²) < 4.78 is 26.8. The van der Waals surface area contributed by atoms with Gasteiger partial charge in [0.1, 0.15) is 0 Å². The fourth-order valence-corrected chi connectivity index (χ4v) is 5.10. The lowest BCUT2D eigenvalue weighted by molar-refractivity contribution is 0.100. The summed E-state index contributed by atoms with van der Waals surface area (Å²) in [5.41, 5.74) is 5.58. The van der Waals surface area contributed by atoms with Crippen molar-refractivity contribution in [3.05, 3.63) is 87.0 Å². The van der Waals surface area contributed by atoms with E-state index in [1.165, 1.54) is 52.5 Å². The number of hydrogen-bond donors (Lipinski definition) is 1. The minimum atomic E-state index is -3.70. The van der Waals surface area contributed by atoms with Crippen LogP contribution in [-0.2, 0) is 16.4 Å². The average Bonchev–Trinajstić information content (AvgIpc) is 3.19. The predicted molar refractivity (Wildman–Crippen MR) is 110 cm³/mol. The summed E-state index contributed by atoms with van der Waals surface area (Å²) in [5.74, 6) is -0.556. The van der Waals surface area contributed by atoms with E-state index in [4.69, 9.17) is 5.73 Å². The highest BCUT2D eigenvalue weighted by molar-refractivity contribution is 7.91. The Morgan fingerprint density at radius 3 is 2.55 bits per heavy atom. The van der Waals surface area contributed by atoms with Gasteiger partial charge in [0.25, 0.3) is 11.5 Å². The smallest absolute Gasteiger partial charge is 0.274 e. The van der Waals surface area contributed by atoms with Crippen LogP contribution in [-0.4, -0.2) is 24.1 Å². The van der Waals surface area contributed by atoms with Crippen molar-refractivity contribution in [3.8, 4) is 0 Å². The van der Waals surface area contributed by atoms with Crippen molar-refractivity contribution in [2.75, 3.05) is 0 Å². The van der Waals surface area contributed by atoms with Gasteiger partial charge in [-0.25, -0.2) is 13.1 Å². The Bertz CT molecular complexity index is 1390. The molecule has 4 rings (SSSR count). The van der Waals surface area contributed by atoms with E-state index in [2.05, 4.69) is 5.10 Å². The van der Waals surface area contributed by atoms with Crippen LogP contribution >= 0.6 is 11.3 Å². The topological polar surface area (TPSA) is 112 Å². The Balaban J connectivity index is 1.75. The van der Waals surface area contributed by atoms with Gasteiger partial charge in [0.05, 0.1) is 32.8 Å². The van der Waals surface area contributed by atoms with E-state index < -0.39 is 15.7 Å². The van der Waals surface area contributed by atoms with Gasteiger partial charge in [-0.1, -0.05) is 18.2 Å². The van der Waals surface area contributed by atoms with Gasteiger partial charge in [0, 0.05) is 5.39 Å². The Labute approximate surface area is 170 Å². The number of nitrogens with zero attached hydrogens (tertiary/aromatic N) is 2. The van der Waals surface area contributed by atoms with Crippen LogP contribution in [0.5, 0.6) is 0 Å². The summed E-state index contributed by atoms with van der Waals surface area (Å²) in [6.07, 6.45) is 1.44. The molecular weight excluding hydrogens is 410 g/mol. The molecule has 2 N–H and O–H groups in total. The van der Waals surface area contributed by atoms with Gasteiger partial charge in [0.2, 0.25) is 9.84 Å². The van der Waals surface area contributed by atoms with Crippen LogP contribution in [0.25, 0.3) is 10.8 Å². The van der Waals surface area contributed by atoms with Gasteiger partial charge in [-0.05, 0) is 47.3 Å². The summed E-state index contributed by atoms with van der Waals surface area (Å²) in [5, 5.41) is 6.62. The van der Waals surface area contributed by atoms with Crippen molar-refractivity contribution in [2.24, 2.45) is 5.73 Å². The lowest BCUT2D eigenvalue weighted by atomic mass is 10.2. The first kappa shape index (κ1) is 19.0. The molecule has 2 aromatic carbocycles. The molecule has 0 aliphatic rings. The van der Waals surface area contributed by atoms with Crippen LogP contribution in [0.1, 0.15) is 15.2 Å². The standard InChI is InChI=1S/C20H15N3O4S2/c21-19(24)18-13(8-9-28-18)12-23-20(25)17-7-6-16(10-14(17)11-22-23)29(26,27)15-4-2-1-3-5-15/h1-11H,12H2,(H2,21,24). The number of carbonyl (C=O) groups is 1. The van der Waals surface area contributed by atoms with E-state index in [-0.39, 0.29) is 21.9 Å². The Morgan fingerprint density at radius 2 is 1.83 bits per heavy atom. The zero-order chi connectivity index (χ0) is 20.6. The lowest BCUT2D eigenvalue weighted by Gasteiger charge is -2.08. The molecule has 0 unspecified atom stereocenters. The number of nitrogens with two attached hydrogens (primary N) is 1. The zero-order valence-electron chi connectivity index (χ0n) is 15.0. The summed E-state index contributed by atoms with van der Waals surface area (Å²) in [4.78, 5) is 24.9. The molecule has 1 amide bonds. The molecule has 0 atom stereocenters. The molecule has 7 nitrogen and oxygen atoms in total. The molecule has 2 aromatic heterocycles. The monoisotopic (exact) mass is 425 g/mol. The molecule has 0 bridgehead atoms. The molecule has 0 saturated heterocycles. The largest absolute Gasteiger partial charge is 0.365 e. The molecule has 0 spiro atoms. The van der Waals surface area contributed by atoms with Crippen molar-refractivity contribution in [1.29, 1.82) is 0 Å². The second-order valence-electron chi connectivity index (χ2n) is 6.31. The van der Waals surface area contributed by atoms with Crippen LogP contribution in [0.4, 0.5) is 0 Å². The minimum absolute atomic E-state index is 0.0870. The van der Waals surface area contributed by atoms with Crippen molar-refractivity contribution in [1.82, 2.24) is 9.78 Å². The van der Waals surface area contributed by atoms with E-state index in [0.717, 1.165) is 0 Å². The number of aromatic nitrogens is 2. The molecule has 4 aromatic rings. The fourth-order valence-electron chi connectivity index (χ4n) is 3.02. The molecule has 0 saturated carbocycles. The lowest BCUT2D eigenvalue weighted by Crippen LogP contribution is -2.24. The molecule has 146 valence electrons. The summed E-state index contributed by atoms with van der Waals surface area (Å²) >= 11 is 1.20. The summed E-state index contributed by atoms with van der Waals surface area (Å²) in [7, 11) is -3.70. The summed E-state index contributed by atoms with van der Waals surface area (Å²) in [6, 6.07) is 14.1. The molecule has 0 fully saturated rings. The van der Waals surface area contributed by atoms with E-state index >= 15 is 0 Å². The molecule has 9 heteroatoms. The van der Waals surface area contributed by atoms with Gasteiger partial charge < -0.3 is 5.73 Å². The summed E-state index contributed by atoms with van der Waals surface area (Å²) in [6.45, 7) is 0.0978. The van der Waals surface area contributed by atoms with Gasteiger partial charge in [0.15, 0.2) is 0 Å². The first-order valence-corrected chi connectivity index (χ1v) is 10.9. The minimum Gasteiger partial charge on any atom is -0.365 e. The fraction of sp³-hybridized carbons (Fsp3) is 0.0500. The highest BCUT2D eigenvalue weighted by atomic mass is 32.2. The number of carbonyl (C=O) groups excluding carboxylic acids is 1. The van der Waals surface area contributed by atoms with Crippen molar-refractivity contribution < 1.29 is 13.2 Å². The van der Waals surface area contributed by atoms with E-state index in [9.17, 15) is 18.0 Å². The maximum Gasteiger partial charge on any atom is 0.274 e. The van der Waals surface area contributed by atoms with Gasteiger partial charge in [-0.2, -0.15) is 5.10 Å². The highest BCUT2D eigenvalue weighted by Gasteiger charge is 2.19. The van der Waals surface area contributed by atoms with Crippen LogP contribution in [0.15, 0.2) is 80.8 Å². The second kappa shape index (κ2) is 7.26. The maximum absolute atomic E-state index is 12.8. The zero-order valence-corrected chi connectivity index (χ0v) is 16.6. The third-order valence-corrected chi connectivity index (χ3v) is 7.22. The number of rotatable bonds is 5. The van der Waals surface area contributed by atoms with E-state index in [1.54, 1.807) is 29.6 Å². The predicted octanol–water partition coefficient (Wildman–Crippen LogP) is 2.44. The SMILES string of the molecule is NC(=O)c1sccc1Cn1ncc2cc(S(=O)(=O)c3ccccc3)ccc2c1=O. The number of hydrogen-bond acceptors (Lipinski definition) is 6. The van der Waals surface area contributed by atoms with Crippen LogP contribution in [0.3, 0.4) is 0 Å². The average molecular weight is 425 g/mol. The van der Waals surface area contributed by atoms with Crippen LogP contribution in [0.2, 0.25) is 0 Å². The van der Waals surface area contributed by atoms with Crippen molar-refractivity contribution >= 4 is 37.9 Å². The number of sulfone groups is 1. The first-order chi connectivity index (χ1) is 13.9. The van der Waals surface area contributed by atoms with Crippen molar-refractivity contribution in [2.45, 2.75) is 16.3 Å². The Kier molecular flexibility index (Phi) is 4.77. The number of thiophene rings is 1. The Hall–Kier alpha value is -3.30. The van der Waals surface area contributed by atoms with Gasteiger partial charge >= 0.3 is 0 Å². The molecule has 0 aliphatic heterocycles. The molecular formula is C20H15N3O4S2. The number of amides is 1. The molecule has 0 aliphatic carbocycles. The molecule has 2 heterocycles. The highest BCUT2D eigenvalue weighted by Crippen LogP contribution is 2.23. The maximum atomic E-state index is 12.8. The molecule has 29 heavy (non-hydrogen) atoms. The number of benzene rings is 2. The van der Waals surface area contributed by atoms with E-state index in [0.29, 0.717) is 21.2 Å². The second-order valence-corrected chi connectivity index (χ2v) is 9.18. The van der Waals surface area contributed by atoms with E-state index in [1.807, 2.05) is 0 Å². The van der Waals surface area contributed by atoms with Crippen molar-refractivity contribution in [3.63, 3.8) is 0 Å². The number of primary amides is 1. The third kappa shape index (κ3) is 3.45.